The summed E-state index contributed by atoms with van der Waals surface area (Å²) in [6.07, 6.45) is 3.50. The lowest BCUT2D eigenvalue weighted by Gasteiger charge is -2.38. The third-order valence-electron chi connectivity index (χ3n) is 4.17. The monoisotopic (exact) mass is 214 g/mol. The highest BCUT2D eigenvalue weighted by Crippen LogP contribution is 2.42. The van der Waals surface area contributed by atoms with E-state index in [1.54, 1.807) is 0 Å². The fraction of sp³-hybridized carbons (Fsp3) is 0.923. The number of carboxylic acid groups (broad SMARTS) is 1. The first-order valence-electron chi connectivity index (χ1n) is 6.23. The lowest BCUT2D eigenvalue weighted by atomic mass is 9.65. The maximum atomic E-state index is 11.5. The minimum Gasteiger partial charge on any atom is -0.481 e. The van der Waals surface area contributed by atoms with Crippen LogP contribution in [0.3, 0.4) is 0 Å². The summed E-state index contributed by atoms with van der Waals surface area (Å²) in [7, 11) is 0. The summed E-state index contributed by atoms with van der Waals surface area (Å²) in [5.74, 6) is 0.181. The van der Waals surface area contributed by atoms with Crippen LogP contribution in [0.25, 0.3) is 0 Å². The Morgan fingerprint density at radius 3 is 1.80 bits per heavy atom. The first-order valence-corrected chi connectivity index (χ1v) is 6.23. The molecule has 2 unspecified atom stereocenters. The van der Waals surface area contributed by atoms with Crippen molar-refractivity contribution in [3.05, 3.63) is 0 Å². The van der Waals surface area contributed by atoms with Crippen molar-refractivity contribution in [2.24, 2.45) is 17.3 Å². The largest absolute Gasteiger partial charge is 0.481 e. The Labute approximate surface area is 94.1 Å². The molecule has 0 saturated heterocycles. The van der Waals surface area contributed by atoms with E-state index in [1.165, 1.54) is 0 Å². The lowest BCUT2D eigenvalue weighted by molar-refractivity contribution is -0.155. The topological polar surface area (TPSA) is 37.3 Å². The smallest absolute Gasteiger partial charge is 0.309 e. The SMILES string of the molecule is CCC(C)C(CC)C(CC)(CC)C(=O)O. The van der Waals surface area contributed by atoms with Crippen LogP contribution in [0.1, 0.15) is 60.3 Å². The molecule has 0 fully saturated rings. The van der Waals surface area contributed by atoms with Gasteiger partial charge in [-0.1, -0.05) is 47.5 Å². The van der Waals surface area contributed by atoms with Gasteiger partial charge in [0, 0.05) is 0 Å². The van der Waals surface area contributed by atoms with Crippen molar-refractivity contribution in [2.45, 2.75) is 60.3 Å². The van der Waals surface area contributed by atoms with Crippen LogP contribution in [-0.4, -0.2) is 11.1 Å². The third kappa shape index (κ3) is 2.73. The Morgan fingerprint density at radius 2 is 1.60 bits per heavy atom. The Kier molecular flexibility index (Phi) is 5.92. The van der Waals surface area contributed by atoms with Crippen LogP contribution >= 0.6 is 0 Å². The van der Waals surface area contributed by atoms with Crippen molar-refractivity contribution in [2.75, 3.05) is 0 Å². The van der Waals surface area contributed by atoms with Gasteiger partial charge in [0.2, 0.25) is 0 Å². The molecule has 0 aliphatic rings. The van der Waals surface area contributed by atoms with Crippen molar-refractivity contribution < 1.29 is 9.90 Å². The van der Waals surface area contributed by atoms with Crippen LogP contribution in [-0.2, 0) is 4.79 Å². The van der Waals surface area contributed by atoms with E-state index in [2.05, 4.69) is 20.8 Å². The third-order valence-corrected chi connectivity index (χ3v) is 4.17. The highest BCUT2D eigenvalue weighted by molar-refractivity contribution is 5.75. The van der Waals surface area contributed by atoms with Crippen LogP contribution in [0.5, 0.6) is 0 Å². The fourth-order valence-corrected chi connectivity index (χ4v) is 2.86. The molecule has 0 heterocycles. The zero-order valence-electron chi connectivity index (χ0n) is 10.8. The molecule has 1 N–H and O–H groups in total. The van der Waals surface area contributed by atoms with Gasteiger partial charge in [0.15, 0.2) is 0 Å². The molecule has 0 rings (SSSR count). The molecule has 2 heteroatoms. The molecule has 0 aromatic carbocycles. The van der Waals surface area contributed by atoms with E-state index in [0.29, 0.717) is 11.8 Å². The molecule has 15 heavy (non-hydrogen) atoms. The Balaban J connectivity index is 5.09. The second-order valence-corrected chi connectivity index (χ2v) is 4.57. The maximum absolute atomic E-state index is 11.5. The van der Waals surface area contributed by atoms with Crippen molar-refractivity contribution >= 4 is 5.97 Å². The molecule has 0 saturated carbocycles. The molecule has 0 aromatic heterocycles. The van der Waals surface area contributed by atoms with E-state index in [0.717, 1.165) is 25.7 Å². The van der Waals surface area contributed by atoms with E-state index >= 15 is 0 Å². The summed E-state index contributed by atoms with van der Waals surface area (Å²) in [5, 5.41) is 9.47. The van der Waals surface area contributed by atoms with Gasteiger partial charge in [0.05, 0.1) is 5.41 Å². The summed E-state index contributed by atoms with van der Waals surface area (Å²) < 4.78 is 0. The predicted octanol–water partition coefficient (Wildman–Crippen LogP) is 3.95. The van der Waals surface area contributed by atoms with Crippen molar-refractivity contribution in [1.82, 2.24) is 0 Å². The minimum absolute atomic E-state index is 0.301. The molecular formula is C13H26O2. The molecule has 90 valence electrons. The average Bonchev–Trinajstić information content (AvgIpc) is 2.24. The molecule has 0 aliphatic carbocycles. The molecule has 0 aliphatic heterocycles. The van der Waals surface area contributed by atoms with E-state index in [1.807, 2.05) is 13.8 Å². The van der Waals surface area contributed by atoms with Gasteiger partial charge in [0.25, 0.3) is 0 Å². The van der Waals surface area contributed by atoms with Gasteiger partial charge in [0.1, 0.15) is 0 Å². The average molecular weight is 214 g/mol. The highest BCUT2D eigenvalue weighted by Gasteiger charge is 2.43. The molecule has 2 nitrogen and oxygen atoms in total. The first-order chi connectivity index (χ1) is 6.99. The molecule has 0 spiro atoms. The number of carboxylic acids is 1. The maximum Gasteiger partial charge on any atom is 0.309 e. The second kappa shape index (κ2) is 6.14. The normalized spacial score (nSPS) is 16.1. The second-order valence-electron chi connectivity index (χ2n) is 4.57. The molecular weight excluding hydrogens is 188 g/mol. The molecule has 0 bridgehead atoms. The van der Waals surface area contributed by atoms with Crippen LogP contribution in [0.4, 0.5) is 0 Å². The van der Waals surface area contributed by atoms with Crippen LogP contribution in [0, 0.1) is 17.3 Å². The van der Waals surface area contributed by atoms with Gasteiger partial charge in [-0.2, -0.15) is 0 Å². The fourth-order valence-electron chi connectivity index (χ4n) is 2.86. The van der Waals surface area contributed by atoms with Gasteiger partial charge in [-0.25, -0.2) is 0 Å². The van der Waals surface area contributed by atoms with Crippen LogP contribution < -0.4 is 0 Å². The van der Waals surface area contributed by atoms with Gasteiger partial charge in [-0.3, -0.25) is 4.79 Å². The summed E-state index contributed by atoms with van der Waals surface area (Å²) in [5.41, 5.74) is -0.510. The number of aliphatic carboxylic acids is 1. The Morgan fingerprint density at radius 1 is 1.13 bits per heavy atom. The van der Waals surface area contributed by atoms with E-state index in [4.69, 9.17) is 0 Å². The van der Waals surface area contributed by atoms with Gasteiger partial charge in [-0.05, 0) is 24.7 Å². The quantitative estimate of drug-likeness (QED) is 0.696. The molecule has 2 atom stereocenters. The number of carbonyl (C=O) groups is 1. The van der Waals surface area contributed by atoms with E-state index < -0.39 is 11.4 Å². The van der Waals surface area contributed by atoms with Crippen LogP contribution in [0.2, 0.25) is 0 Å². The Bertz CT molecular complexity index is 195. The minimum atomic E-state index is -0.611. The molecule has 0 radical (unpaired) electrons. The van der Waals surface area contributed by atoms with Crippen molar-refractivity contribution in [3.8, 4) is 0 Å². The summed E-state index contributed by atoms with van der Waals surface area (Å²) in [6.45, 7) is 10.4. The number of hydrogen-bond acceptors (Lipinski definition) is 1. The van der Waals surface area contributed by atoms with Crippen molar-refractivity contribution in [1.29, 1.82) is 0 Å². The van der Waals surface area contributed by atoms with E-state index in [-0.39, 0.29) is 0 Å². The van der Waals surface area contributed by atoms with Gasteiger partial charge < -0.3 is 5.11 Å². The highest BCUT2D eigenvalue weighted by atomic mass is 16.4. The van der Waals surface area contributed by atoms with Crippen LogP contribution in [0.15, 0.2) is 0 Å². The van der Waals surface area contributed by atoms with Gasteiger partial charge >= 0.3 is 5.97 Å². The van der Waals surface area contributed by atoms with Gasteiger partial charge in [-0.15, -0.1) is 0 Å². The zero-order valence-corrected chi connectivity index (χ0v) is 10.8. The molecule has 0 aromatic rings. The summed E-state index contributed by atoms with van der Waals surface area (Å²) in [6, 6.07) is 0. The Hall–Kier alpha value is -0.530. The summed E-state index contributed by atoms with van der Waals surface area (Å²) in [4.78, 5) is 11.5. The van der Waals surface area contributed by atoms with Crippen molar-refractivity contribution in [3.63, 3.8) is 0 Å². The zero-order chi connectivity index (χ0) is 12.1. The standard InChI is InChI=1S/C13H26O2/c1-6-10(5)11(7-2)13(8-3,9-4)12(14)15/h10-11H,6-9H2,1-5H3,(H,14,15). The number of rotatable bonds is 7. The summed E-state index contributed by atoms with van der Waals surface area (Å²) >= 11 is 0. The first kappa shape index (κ1) is 14.5. The predicted molar refractivity (Wildman–Crippen MR) is 63.9 cm³/mol. The lowest BCUT2D eigenvalue weighted by Crippen LogP contribution is -2.40. The molecule has 0 amide bonds. The van der Waals surface area contributed by atoms with E-state index in [9.17, 15) is 9.90 Å². The number of hydrogen-bond donors (Lipinski definition) is 1.